The van der Waals surface area contributed by atoms with E-state index in [0.717, 1.165) is 47.9 Å². The Balaban J connectivity index is 1.74. The number of amides is 2. The Kier molecular flexibility index (Phi) is 7.30. The molecule has 2 aromatic rings. The Hall–Kier alpha value is -2.90. The minimum absolute atomic E-state index is 0.0133. The largest absolute Gasteiger partial charge is 0.462 e. The van der Waals surface area contributed by atoms with Gasteiger partial charge in [0.25, 0.3) is 5.91 Å². The third-order valence-electron chi connectivity index (χ3n) is 4.80. The van der Waals surface area contributed by atoms with Gasteiger partial charge in [0, 0.05) is 4.88 Å². The second-order valence-corrected chi connectivity index (χ2v) is 8.99. The van der Waals surface area contributed by atoms with Crippen molar-refractivity contribution in [1.82, 2.24) is 4.98 Å². The van der Waals surface area contributed by atoms with E-state index in [4.69, 9.17) is 10.5 Å². The molecule has 0 bridgehead atoms. The van der Waals surface area contributed by atoms with Gasteiger partial charge in [-0.1, -0.05) is 11.8 Å². The molecule has 0 fully saturated rings. The number of rotatable bonds is 7. The molecule has 0 unspecified atom stereocenters. The third-order valence-corrected chi connectivity index (χ3v) is 7.00. The summed E-state index contributed by atoms with van der Waals surface area (Å²) in [6.45, 7) is 3.56. The molecule has 3 N–H and O–H groups in total. The van der Waals surface area contributed by atoms with Crippen molar-refractivity contribution in [2.75, 3.05) is 17.7 Å². The predicted molar refractivity (Wildman–Crippen MR) is 118 cm³/mol. The number of hydrogen-bond donors (Lipinski definition) is 2. The van der Waals surface area contributed by atoms with E-state index in [-0.39, 0.29) is 29.4 Å². The van der Waals surface area contributed by atoms with Crippen molar-refractivity contribution in [3.05, 3.63) is 38.9 Å². The van der Waals surface area contributed by atoms with E-state index in [1.165, 1.54) is 17.4 Å². The number of esters is 1. The van der Waals surface area contributed by atoms with Gasteiger partial charge < -0.3 is 15.8 Å². The first-order chi connectivity index (χ1) is 14.8. The lowest BCUT2D eigenvalue weighted by Crippen LogP contribution is -2.19. The van der Waals surface area contributed by atoms with E-state index in [1.54, 1.807) is 13.8 Å². The van der Waals surface area contributed by atoms with Gasteiger partial charge in [-0.3, -0.25) is 9.59 Å². The Morgan fingerprint density at radius 3 is 2.77 bits per heavy atom. The molecule has 0 spiro atoms. The molecule has 1 aliphatic carbocycles. The van der Waals surface area contributed by atoms with Crippen LogP contribution in [0.1, 0.15) is 62.2 Å². The summed E-state index contributed by atoms with van der Waals surface area (Å²) in [5.74, 6) is -1.43. The second kappa shape index (κ2) is 9.94. The van der Waals surface area contributed by atoms with Gasteiger partial charge >= 0.3 is 5.97 Å². The van der Waals surface area contributed by atoms with E-state index in [2.05, 4.69) is 10.3 Å². The first-order valence-electron chi connectivity index (χ1n) is 9.81. The van der Waals surface area contributed by atoms with Gasteiger partial charge in [-0.2, -0.15) is 5.26 Å². The Morgan fingerprint density at radius 2 is 2.10 bits per heavy atom. The molecule has 0 saturated heterocycles. The zero-order valence-electron chi connectivity index (χ0n) is 17.2. The summed E-state index contributed by atoms with van der Waals surface area (Å²) in [4.78, 5) is 41.9. The molecule has 0 aromatic carbocycles. The molecular weight excluding hydrogens is 436 g/mol. The van der Waals surface area contributed by atoms with Gasteiger partial charge in [-0.15, -0.1) is 11.3 Å². The number of pyridine rings is 1. The molecule has 2 aromatic heterocycles. The van der Waals surface area contributed by atoms with E-state index in [1.807, 2.05) is 6.07 Å². The van der Waals surface area contributed by atoms with Crippen molar-refractivity contribution in [2.24, 2.45) is 5.73 Å². The summed E-state index contributed by atoms with van der Waals surface area (Å²) in [6, 6.07) is 3.44. The monoisotopic (exact) mass is 458 g/mol. The van der Waals surface area contributed by atoms with Crippen molar-refractivity contribution >= 4 is 45.9 Å². The number of aryl methyl sites for hydroxylation is 2. The van der Waals surface area contributed by atoms with Gasteiger partial charge in [-0.05, 0) is 51.2 Å². The molecule has 2 amide bonds. The second-order valence-electron chi connectivity index (χ2n) is 6.92. The molecule has 0 radical (unpaired) electrons. The number of hydrogen-bond acceptors (Lipinski definition) is 8. The molecule has 2 heterocycles. The fourth-order valence-corrected chi connectivity index (χ4v) is 5.51. The van der Waals surface area contributed by atoms with Crippen molar-refractivity contribution in [2.45, 2.75) is 44.6 Å². The predicted octanol–water partition coefficient (Wildman–Crippen LogP) is 3.21. The molecule has 8 nitrogen and oxygen atoms in total. The zero-order chi connectivity index (χ0) is 22.5. The lowest BCUT2D eigenvalue weighted by Gasteiger charge is -2.11. The summed E-state index contributed by atoms with van der Waals surface area (Å²) in [5, 5.41) is 13.1. The van der Waals surface area contributed by atoms with Gasteiger partial charge in [-0.25, -0.2) is 9.78 Å². The summed E-state index contributed by atoms with van der Waals surface area (Å²) < 4.78 is 4.98. The van der Waals surface area contributed by atoms with E-state index < -0.39 is 11.9 Å². The van der Waals surface area contributed by atoms with Gasteiger partial charge in [0.1, 0.15) is 16.1 Å². The number of fused-ring (bicyclic) bond motifs is 1. The molecule has 3 rings (SSSR count). The SMILES string of the molecule is CCOC(=O)c1cc(C#N)c(SCC(=O)Nc2sc3c(c2C(N)=O)CCCC3)nc1C. The summed E-state index contributed by atoms with van der Waals surface area (Å²) in [6.07, 6.45) is 3.72. The zero-order valence-corrected chi connectivity index (χ0v) is 18.9. The maximum atomic E-state index is 12.6. The third kappa shape index (κ3) is 5.06. The maximum absolute atomic E-state index is 12.6. The van der Waals surface area contributed by atoms with Crippen LogP contribution >= 0.6 is 23.1 Å². The van der Waals surface area contributed by atoms with Crippen molar-refractivity contribution < 1.29 is 19.1 Å². The van der Waals surface area contributed by atoms with Gasteiger partial charge in [0.2, 0.25) is 5.91 Å². The Bertz CT molecular complexity index is 1090. The number of primary amides is 1. The van der Waals surface area contributed by atoms with Crippen molar-refractivity contribution in [3.8, 4) is 6.07 Å². The Labute approximate surface area is 188 Å². The summed E-state index contributed by atoms with van der Waals surface area (Å²) in [5.41, 5.74) is 7.76. The van der Waals surface area contributed by atoms with E-state index in [0.29, 0.717) is 21.3 Å². The number of carbonyl (C=O) groups excluding carboxylic acids is 3. The molecule has 0 saturated carbocycles. The standard InChI is InChI=1S/C21H22N4O4S2/c1-3-29-21(28)14-8-12(9-22)19(24-11(14)2)30-10-16(26)25-20-17(18(23)27)13-6-4-5-7-15(13)31-20/h8H,3-7,10H2,1-2H3,(H2,23,27)(H,25,26). The van der Waals surface area contributed by atoms with E-state index >= 15 is 0 Å². The Morgan fingerprint density at radius 1 is 1.35 bits per heavy atom. The summed E-state index contributed by atoms with van der Waals surface area (Å²) >= 11 is 2.49. The molecule has 0 atom stereocenters. The van der Waals surface area contributed by atoms with Crippen LogP contribution in [0.2, 0.25) is 0 Å². The molecule has 1 aliphatic rings. The minimum atomic E-state index is -0.543. The van der Waals surface area contributed by atoms with Crippen molar-refractivity contribution in [3.63, 3.8) is 0 Å². The number of anilines is 1. The molecule has 10 heteroatoms. The average molecular weight is 459 g/mol. The van der Waals surface area contributed by atoms with Crippen molar-refractivity contribution in [1.29, 1.82) is 5.26 Å². The van der Waals surface area contributed by atoms with Crippen LogP contribution < -0.4 is 11.1 Å². The minimum Gasteiger partial charge on any atom is -0.462 e. The lowest BCUT2D eigenvalue weighted by atomic mass is 9.95. The number of nitrogens with two attached hydrogens (primary N) is 1. The van der Waals surface area contributed by atoms with Gasteiger partial charge in [0.05, 0.1) is 34.7 Å². The fourth-order valence-electron chi connectivity index (χ4n) is 3.40. The highest BCUT2D eigenvalue weighted by Crippen LogP contribution is 2.38. The highest BCUT2D eigenvalue weighted by Gasteiger charge is 2.25. The maximum Gasteiger partial charge on any atom is 0.340 e. The number of aromatic nitrogens is 1. The lowest BCUT2D eigenvalue weighted by molar-refractivity contribution is -0.113. The first kappa shape index (κ1) is 22.8. The van der Waals surface area contributed by atoms with Crippen LogP contribution in [0.3, 0.4) is 0 Å². The topological polar surface area (TPSA) is 135 Å². The molecule has 162 valence electrons. The van der Waals surface area contributed by atoms with Crippen LogP contribution in [0.5, 0.6) is 0 Å². The fraction of sp³-hybridized carbons (Fsp3) is 0.381. The van der Waals surface area contributed by atoms with Crippen LogP contribution in [0, 0.1) is 18.3 Å². The van der Waals surface area contributed by atoms with Gasteiger partial charge in [0.15, 0.2) is 0 Å². The molecule has 31 heavy (non-hydrogen) atoms. The number of thioether (sulfide) groups is 1. The van der Waals surface area contributed by atoms with Crippen LogP contribution in [0.15, 0.2) is 11.1 Å². The smallest absolute Gasteiger partial charge is 0.340 e. The number of carbonyl (C=O) groups is 3. The quantitative estimate of drug-likeness (QED) is 0.480. The van der Waals surface area contributed by atoms with Crippen LogP contribution in [-0.2, 0) is 22.4 Å². The van der Waals surface area contributed by atoms with Crippen LogP contribution in [0.4, 0.5) is 5.00 Å². The molecular formula is C21H22N4O4S2. The molecule has 0 aliphatic heterocycles. The van der Waals surface area contributed by atoms with E-state index in [9.17, 15) is 19.6 Å². The average Bonchev–Trinajstić information content (AvgIpc) is 3.10. The van der Waals surface area contributed by atoms with Crippen LogP contribution in [0.25, 0.3) is 0 Å². The number of nitriles is 1. The number of ether oxygens (including phenoxy) is 1. The summed E-state index contributed by atoms with van der Waals surface area (Å²) in [7, 11) is 0. The number of thiophene rings is 1. The van der Waals surface area contributed by atoms with Crippen LogP contribution in [-0.4, -0.2) is 35.1 Å². The number of nitrogens with one attached hydrogen (secondary N) is 1. The number of nitrogens with zero attached hydrogens (tertiary/aromatic N) is 2. The highest BCUT2D eigenvalue weighted by molar-refractivity contribution is 8.00. The normalized spacial score (nSPS) is 12.5. The highest BCUT2D eigenvalue weighted by atomic mass is 32.2. The first-order valence-corrected chi connectivity index (χ1v) is 11.6.